The Kier molecular flexibility index (Phi) is 10.4. The summed E-state index contributed by atoms with van der Waals surface area (Å²) < 4.78 is 0. The van der Waals surface area contributed by atoms with E-state index in [-0.39, 0.29) is 5.91 Å². The quantitative estimate of drug-likeness (QED) is 0.404. The third-order valence-corrected chi connectivity index (χ3v) is 4.41. The van der Waals surface area contributed by atoms with Crippen molar-refractivity contribution >= 4 is 29.2 Å². The Labute approximate surface area is 162 Å². The maximum absolute atomic E-state index is 11.7. The molecule has 0 bridgehead atoms. The van der Waals surface area contributed by atoms with E-state index in [1.165, 1.54) is 16.9 Å². The zero-order valence-electron chi connectivity index (χ0n) is 15.1. The van der Waals surface area contributed by atoms with Crippen molar-refractivity contribution in [2.45, 2.75) is 25.8 Å². The number of aryl methyl sites for hydroxylation is 1. The highest BCUT2D eigenvalue weighted by atomic mass is 32.1. The molecule has 2 rings (SSSR count). The Balaban J connectivity index is 0.000000527. The van der Waals surface area contributed by atoms with Gasteiger partial charge in [-0.15, -0.1) is 11.3 Å². The Hall–Kier alpha value is -2.71. The lowest BCUT2D eigenvalue weighted by molar-refractivity contribution is -0.159. The van der Waals surface area contributed by atoms with Crippen LogP contribution >= 0.6 is 11.3 Å². The molecule has 0 radical (unpaired) electrons. The number of carboxylic acids is 2. The van der Waals surface area contributed by atoms with Gasteiger partial charge in [-0.05, 0) is 36.8 Å². The van der Waals surface area contributed by atoms with Gasteiger partial charge in [-0.2, -0.15) is 0 Å². The topological polar surface area (TPSA) is 116 Å². The largest absolute Gasteiger partial charge is 0.473 e. The van der Waals surface area contributed by atoms with E-state index in [4.69, 9.17) is 19.8 Å². The second-order valence-electron chi connectivity index (χ2n) is 5.72. The first-order valence-electron chi connectivity index (χ1n) is 8.45. The molecule has 0 spiro atoms. The molecule has 0 saturated carbocycles. The maximum Gasteiger partial charge on any atom is 0.414 e. The Morgan fingerprint density at radius 1 is 1.00 bits per heavy atom. The highest BCUT2D eigenvalue weighted by molar-refractivity contribution is 7.12. The van der Waals surface area contributed by atoms with E-state index in [2.05, 4.69) is 41.8 Å². The first-order valence-corrected chi connectivity index (χ1v) is 9.33. The van der Waals surface area contributed by atoms with Gasteiger partial charge in [0.15, 0.2) is 0 Å². The van der Waals surface area contributed by atoms with Gasteiger partial charge in [-0.25, -0.2) is 9.59 Å². The number of nitrogens with one attached hydrogen (secondary N) is 2. The van der Waals surface area contributed by atoms with Crippen molar-refractivity contribution in [3.8, 4) is 0 Å². The first kappa shape index (κ1) is 22.3. The molecule has 0 aliphatic carbocycles. The standard InChI is InChI=1S/C17H22N2OS.C2H2O4/c1-14(9-10-15-6-3-2-4-7-15)18-11-12-19-17(20)16-8-5-13-21-16;3-1(4)2(5)6/h2-8,13-14,18H,9-12H2,1H3,(H,19,20);(H,3,4)(H,5,6). The fourth-order valence-electron chi connectivity index (χ4n) is 2.12. The molecule has 146 valence electrons. The van der Waals surface area contributed by atoms with Crippen molar-refractivity contribution < 1.29 is 24.6 Å². The van der Waals surface area contributed by atoms with Gasteiger partial charge < -0.3 is 20.8 Å². The van der Waals surface area contributed by atoms with E-state index in [0.29, 0.717) is 12.6 Å². The highest BCUT2D eigenvalue weighted by Crippen LogP contribution is 2.07. The Morgan fingerprint density at radius 2 is 1.67 bits per heavy atom. The summed E-state index contributed by atoms with van der Waals surface area (Å²) in [7, 11) is 0. The second kappa shape index (κ2) is 12.6. The molecule has 1 unspecified atom stereocenters. The minimum Gasteiger partial charge on any atom is -0.473 e. The smallest absolute Gasteiger partial charge is 0.414 e. The average molecular weight is 392 g/mol. The van der Waals surface area contributed by atoms with Crippen LogP contribution in [0.5, 0.6) is 0 Å². The number of carbonyl (C=O) groups is 3. The monoisotopic (exact) mass is 392 g/mol. The normalized spacial score (nSPS) is 11.0. The van der Waals surface area contributed by atoms with Gasteiger partial charge in [0.2, 0.25) is 0 Å². The first-order chi connectivity index (χ1) is 12.9. The lowest BCUT2D eigenvalue weighted by Gasteiger charge is -2.14. The SMILES string of the molecule is CC(CCc1ccccc1)NCCNC(=O)c1cccs1.O=C(O)C(=O)O. The van der Waals surface area contributed by atoms with Gasteiger partial charge in [0.1, 0.15) is 0 Å². The summed E-state index contributed by atoms with van der Waals surface area (Å²) >= 11 is 1.47. The number of rotatable bonds is 8. The van der Waals surface area contributed by atoms with Crippen LogP contribution in [0.2, 0.25) is 0 Å². The van der Waals surface area contributed by atoms with E-state index in [0.717, 1.165) is 24.3 Å². The van der Waals surface area contributed by atoms with Crippen molar-refractivity contribution in [1.29, 1.82) is 0 Å². The summed E-state index contributed by atoms with van der Waals surface area (Å²) in [6.07, 6.45) is 2.18. The van der Waals surface area contributed by atoms with Gasteiger partial charge in [-0.1, -0.05) is 36.4 Å². The van der Waals surface area contributed by atoms with Gasteiger partial charge >= 0.3 is 11.9 Å². The van der Waals surface area contributed by atoms with Gasteiger partial charge in [0, 0.05) is 19.1 Å². The highest BCUT2D eigenvalue weighted by Gasteiger charge is 2.06. The van der Waals surface area contributed by atoms with Crippen LogP contribution in [0.3, 0.4) is 0 Å². The van der Waals surface area contributed by atoms with Gasteiger partial charge in [-0.3, -0.25) is 4.79 Å². The summed E-state index contributed by atoms with van der Waals surface area (Å²) in [4.78, 5) is 30.7. The van der Waals surface area contributed by atoms with Crippen molar-refractivity contribution in [2.75, 3.05) is 13.1 Å². The molecule has 27 heavy (non-hydrogen) atoms. The van der Waals surface area contributed by atoms with Crippen LogP contribution in [0.15, 0.2) is 47.8 Å². The molecule has 1 aromatic carbocycles. The summed E-state index contributed by atoms with van der Waals surface area (Å²) in [6, 6.07) is 14.7. The Morgan fingerprint density at radius 3 is 2.22 bits per heavy atom. The lowest BCUT2D eigenvalue weighted by atomic mass is 10.1. The number of hydrogen-bond donors (Lipinski definition) is 4. The van der Waals surface area contributed by atoms with Crippen molar-refractivity contribution in [1.82, 2.24) is 10.6 Å². The van der Waals surface area contributed by atoms with Crippen molar-refractivity contribution in [3.63, 3.8) is 0 Å². The predicted octanol–water partition coefficient (Wildman–Crippen LogP) is 2.24. The fourth-order valence-corrected chi connectivity index (χ4v) is 2.76. The Bertz CT molecular complexity index is 692. The zero-order valence-corrected chi connectivity index (χ0v) is 15.9. The molecule has 7 nitrogen and oxygen atoms in total. The van der Waals surface area contributed by atoms with Gasteiger partial charge in [0.05, 0.1) is 4.88 Å². The van der Waals surface area contributed by atoms with Crippen LogP contribution in [0.25, 0.3) is 0 Å². The molecule has 1 aromatic heterocycles. The molecule has 1 heterocycles. The van der Waals surface area contributed by atoms with Crippen LogP contribution < -0.4 is 10.6 Å². The number of carboxylic acid groups (broad SMARTS) is 2. The third kappa shape index (κ3) is 10.1. The minimum atomic E-state index is -1.82. The van der Waals surface area contributed by atoms with Crippen molar-refractivity contribution in [2.24, 2.45) is 0 Å². The average Bonchev–Trinajstić information content (AvgIpc) is 3.19. The summed E-state index contributed by atoms with van der Waals surface area (Å²) in [5, 5.41) is 23.1. The number of thiophene rings is 1. The maximum atomic E-state index is 11.7. The summed E-state index contributed by atoms with van der Waals surface area (Å²) in [5.41, 5.74) is 1.37. The van der Waals surface area contributed by atoms with E-state index < -0.39 is 11.9 Å². The molecule has 0 saturated heterocycles. The molecule has 0 fully saturated rings. The van der Waals surface area contributed by atoms with E-state index in [9.17, 15) is 4.79 Å². The molecular formula is C19H24N2O5S. The predicted molar refractivity (Wildman–Crippen MR) is 104 cm³/mol. The number of carbonyl (C=O) groups excluding carboxylic acids is 1. The second-order valence-corrected chi connectivity index (χ2v) is 6.67. The molecule has 1 amide bonds. The van der Waals surface area contributed by atoms with Crippen LogP contribution in [0, 0.1) is 0 Å². The molecule has 8 heteroatoms. The summed E-state index contributed by atoms with van der Waals surface area (Å²) in [5.74, 6) is -3.63. The lowest BCUT2D eigenvalue weighted by Crippen LogP contribution is -2.35. The van der Waals surface area contributed by atoms with Crippen LogP contribution in [-0.4, -0.2) is 47.2 Å². The zero-order chi connectivity index (χ0) is 20.1. The molecular weight excluding hydrogens is 368 g/mol. The molecule has 2 aromatic rings. The number of amides is 1. The van der Waals surface area contributed by atoms with Crippen LogP contribution in [0.1, 0.15) is 28.6 Å². The van der Waals surface area contributed by atoms with Crippen LogP contribution in [-0.2, 0) is 16.0 Å². The number of aliphatic carboxylic acids is 2. The molecule has 1 atom stereocenters. The van der Waals surface area contributed by atoms with E-state index in [1.807, 2.05) is 23.6 Å². The number of hydrogen-bond acceptors (Lipinski definition) is 5. The number of benzene rings is 1. The molecule has 0 aliphatic heterocycles. The molecule has 4 N–H and O–H groups in total. The summed E-state index contributed by atoms with van der Waals surface area (Å²) in [6.45, 7) is 3.64. The molecule has 0 aliphatic rings. The van der Waals surface area contributed by atoms with E-state index in [1.54, 1.807) is 0 Å². The van der Waals surface area contributed by atoms with Gasteiger partial charge in [0.25, 0.3) is 5.91 Å². The third-order valence-electron chi connectivity index (χ3n) is 3.54. The van der Waals surface area contributed by atoms with Crippen molar-refractivity contribution in [3.05, 3.63) is 58.3 Å². The van der Waals surface area contributed by atoms with Crippen LogP contribution in [0.4, 0.5) is 0 Å². The minimum absolute atomic E-state index is 0.0174. The fraction of sp³-hybridized carbons (Fsp3) is 0.316. The van der Waals surface area contributed by atoms with E-state index >= 15 is 0 Å².